The van der Waals surface area contributed by atoms with Crippen LogP contribution in [0, 0.1) is 0 Å². The summed E-state index contributed by atoms with van der Waals surface area (Å²) in [5, 5.41) is 0. The number of nitrogens with zero attached hydrogens (tertiary/aromatic N) is 3. The second kappa shape index (κ2) is 10.8. The maximum absolute atomic E-state index is 10.6. The van der Waals surface area contributed by atoms with Crippen LogP contribution in [0.1, 0.15) is 13.8 Å². The van der Waals surface area contributed by atoms with Crippen LogP contribution in [-0.2, 0) is 4.79 Å². The minimum absolute atomic E-state index is 0.445. The molecule has 1 rings (SSSR count). The van der Waals surface area contributed by atoms with E-state index in [-0.39, 0.29) is 0 Å². The Morgan fingerprint density at radius 2 is 1.65 bits per heavy atom. The van der Waals surface area contributed by atoms with E-state index < -0.39 is 0 Å². The topological polar surface area (TPSA) is 54.4 Å². The molecule has 0 bridgehead atoms. The first kappa shape index (κ1) is 19.2. The highest BCUT2D eigenvalue weighted by Gasteiger charge is 2.07. The summed E-state index contributed by atoms with van der Waals surface area (Å²) >= 11 is 0. The van der Waals surface area contributed by atoms with E-state index in [1.54, 1.807) is 18.2 Å². The normalized spacial score (nSPS) is 10.7. The molecule has 23 heavy (non-hydrogen) atoms. The molecule has 0 aromatic heterocycles. The third-order valence-corrected chi connectivity index (χ3v) is 3.65. The predicted octanol–water partition coefficient (Wildman–Crippen LogP) is 2.31. The molecule has 1 aromatic rings. The van der Waals surface area contributed by atoms with Crippen LogP contribution in [0.5, 0.6) is 11.5 Å². The van der Waals surface area contributed by atoms with Crippen molar-refractivity contribution < 1.29 is 14.3 Å². The van der Waals surface area contributed by atoms with Crippen molar-refractivity contribution in [2.45, 2.75) is 13.8 Å². The van der Waals surface area contributed by atoms with Crippen LogP contribution in [-0.4, -0.2) is 69.4 Å². The number of carbonyl (C=O) groups excluding carboxylic acids is 1. The van der Waals surface area contributed by atoms with Gasteiger partial charge in [-0.25, -0.2) is 4.79 Å². The average Bonchev–Trinajstić information content (AvgIpc) is 2.56. The minimum atomic E-state index is 0.445. The highest BCUT2D eigenvalue weighted by atomic mass is 16.5. The lowest BCUT2D eigenvalue weighted by molar-refractivity contribution is 0.239. The molecule has 0 amide bonds. The predicted molar refractivity (Wildman–Crippen MR) is 91.6 cm³/mol. The van der Waals surface area contributed by atoms with Crippen LogP contribution in [0.2, 0.25) is 0 Å². The molecule has 0 unspecified atom stereocenters. The molecule has 0 saturated heterocycles. The molecule has 0 N–H and O–H groups in total. The summed E-state index contributed by atoms with van der Waals surface area (Å²) in [4.78, 5) is 18.6. The van der Waals surface area contributed by atoms with E-state index >= 15 is 0 Å². The van der Waals surface area contributed by atoms with E-state index in [1.165, 1.54) is 0 Å². The van der Waals surface area contributed by atoms with Crippen molar-refractivity contribution in [3.05, 3.63) is 18.2 Å². The quantitative estimate of drug-likeness (QED) is 0.462. The fourth-order valence-corrected chi connectivity index (χ4v) is 1.79. The van der Waals surface area contributed by atoms with Crippen LogP contribution in [0.4, 0.5) is 5.69 Å². The van der Waals surface area contributed by atoms with Crippen molar-refractivity contribution in [2.75, 3.05) is 53.5 Å². The second-order valence-corrected chi connectivity index (χ2v) is 5.32. The molecule has 128 valence electrons. The van der Waals surface area contributed by atoms with Gasteiger partial charge in [0.05, 0.1) is 0 Å². The molecule has 0 fully saturated rings. The first-order valence-corrected chi connectivity index (χ1v) is 7.95. The molecule has 0 aliphatic carbocycles. The number of isocyanates is 1. The summed E-state index contributed by atoms with van der Waals surface area (Å²) in [6.07, 6.45) is 1.57. The third-order valence-electron chi connectivity index (χ3n) is 3.65. The molecular weight excluding hydrogens is 294 g/mol. The number of benzene rings is 1. The van der Waals surface area contributed by atoms with E-state index in [9.17, 15) is 4.79 Å². The number of hydrogen-bond donors (Lipinski definition) is 0. The maximum atomic E-state index is 10.6. The van der Waals surface area contributed by atoms with Gasteiger partial charge in [0.2, 0.25) is 6.08 Å². The smallest absolute Gasteiger partial charge is 0.240 e. The van der Waals surface area contributed by atoms with Gasteiger partial charge in [0.1, 0.15) is 30.4 Å². The summed E-state index contributed by atoms with van der Waals surface area (Å²) in [6.45, 7) is 8.88. The van der Waals surface area contributed by atoms with Crippen molar-refractivity contribution in [1.29, 1.82) is 0 Å². The largest absolute Gasteiger partial charge is 0.492 e. The first-order chi connectivity index (χ1) is 11.1. The number of rotatable bonds is 11. The highest BCUT2D eigenvalue weighted by Crippen LogP contribution is 2.31. The molecule has 0 aliphatic heterocycles. The zero-order chi connectivity index (χ0) is 17.1. The number of likely N-dealkylation sites (N-methyl/N-ethyl adjacent to an activating group) is 2. The summed E-state index contributed by atoms with van der Waals surface area (Å²) < 4.78 is 11.4. The van der Waals surface area contributed by atoms with E-state index in [2.05, 4.69) is 28.6 Å². The third kappa shape index (κ3) is 7.28. The Labute approximate surface area is 138 Å². The minimum Gasteiger partial charge on any atom is -0.492 e. The van der Waals surface area contributed by atoms with Crippen molar-refractivity contribution in [2.24, 2.45) is 4.99 Å². The molecule has 0 saturated carbocycles. The number of hydrogen-bond acceptors (Lipinski definition) is 6. The van der Waals surface area contributed by atoms with E-state index in [4.69, 9.17) is 9.47 Å². The Kier molecular flexibility index (Phi) is 8.98. The van der Waals surface area contributed by atoms with Crippen molar-refractivity contribution in [1.82, 2.24) is 9.80 Å². The van der Waals surface area contributed by atoms with Crippen LogP contribution in [0.15, 0.2) is 23.2 Å². The maximum Gasteiger partial charge on any atom is 0.240 e. The number of ether oxygens (including phenoxy) is 2. The van der Waals surface area contributed by atoms with Crippen LogP contribution < -0.4 is 9.47 Å². The zero-order valence-corrected chi connectivity index (χ0v) is 14.5. The fraction of sp³-hybridized carbons (Fsp3) is 0.588. The van der Waals surface area contributed by atoms with Crippen molar-refractivity contribution in [3.8, 4) is 11.5 Å². The van der Waals surface area contributed by atoms with Crippen molar-refractivity contribution >= 4 is 11.8 Å². The van der Waals surface area contributed by atoms with Gasteiger partial charge < -0.3 is 19.3 Å². The van der Waals surface area contributed by atoms with Gasteiger partial charge >= 0.3 is 0 Å². The lowest BCUT2D eigenvalue weighted by Gasteiger charge is -2.16. The Bertz CT molecular complexity index is 516. The Morgan fingerprint density at radius 3 is 2.22 bits per heavy atom. The Balaban J connectivity index is 2.64. The van der Waals surface area contributed by atoms with Gasteiger partial charge in [-0.15, -0.1) is 0 Å². The summed E-state index contributed by atoms with van der Waals surface area (Å²) in [7, 11) is 4.06. The van der Waals surface area contributed by atoms with Gasteiger partial charge in [-0.1, -0.05) is 13.8 Å². The zero-order valence-electron chi connectivity index (χ0n) is 14.5. The van der Waals surface area contributed by atoms with Gasteiger partial charge in [0, 0.05) is 19.2 Å². The van der Waals surface area contributed by atoms with Gasteiger partial charge in [0.25, 0.3) is 0 Å². The molecule has 0 radical (unpaired) electrons. The monoisotopic (exact) mass is 321 g/mol. The Morgan fingerprint density at radius 1 is 1.04 bits per heavy atom. The molecule has 0 atom stereocenters. The van der Waals surface area contributed by atoms with Gasteiger partial charge in [-0.05, 0) is 39.3 Å². The summed E-state index contributed by atoms with van der Waals surface area (Å²) in [5.74, 6) is 1.23. The fourth-order valence-electron chi connectivity index (χ4n) is 1.79. The molecule has 0 heterocycles. The molecular formula is C17H27N3O3. The van der Waals surface area contributed by atoms with Gasteiger partial charge in [-0.2, -0.15) is 4.99 Å². The second-order valence-electron chi connectivity index (χ2n) is 5.32. The first-order valence-electron chi connectivity index (χ1n) is 7.95. The van der Waals surface area contributed by atoms with Crippen LogP contribution in [0.25, 0.3) is 0 Å². The van der Waals surface area contributed by atoms with Gasteiger partial charge in [0.15, 0.2) is 0 Å². The molecule has 6 nitrogen and oxygen atoms in total. The van der Waals surface area contributed by atoms with Gasteiger partial charge in [-0.3, -0.25) is 0 Å². The van der Waals surface area contributed by atoms with E-state index in [0.717, 1.165) is 26.2 Å². The standard InChI is InChI=1S/C17H27N3O3/c1-5-19(3)9-11-22-15-7-8-17(16(13-15)18-14-21)23-12-10-20(4)6-2/h7-8,13H,5-6,9-12H2,1-4H3. The molecule has 0 spiro atoms. The van der Waals surface area contributed by atoms with Crippen molar-refractivity contribution in [3.63, 3.8) is 0 Å². The summed E-state index contributed by atoms with van der Waals surface area (Å²) in [6, 6.07) is 5.31. The SMILES string of the molecule is CCN(C)CCOc1ccc(OCCN(C)CC)c(N=C=O)c1. The average molecular weight is 321 g/mol. The van der Waals surface area contributed by atoms with Crippen LogP contribution in [0.3, 0.4) is 0 Å². The molecule has 0 aliphatic rings. The highest BCUT2D eigenvalue weighted by molar-refractivity contribution is 5.60. The van der Waals surface area contributed by atoms with E-state index in [0.29, 0.717) is 30.4 Å². The molecule has 6 heteroatoms. The Hall–Kier alpha value is -1.88. The van der Waals surface area contributed by atoms with E-state index in [1.807, 2.05) is 20.2 Å². The lowest BCUT2D eigenvalue weighted by Crippen LogP contribution is -2.24. The number of aliphatic imine (C=N–C) groups is 1. The lowest BCUT2D eigenvalue weighted by atomic mass is 10.3. The summed E-state index contributed by atoms with van der Waals surface area (Å²) in [5.41, 5.74) is 0.445. The molecule has 1 aromatic carbocycles. The van der Waals surface area contributed by atoms with Crippen LogP contribution >= 0.6 is 0 Å².